The maximum Gasteiger partial charge on any atom is 0.408 e. The van der Waals surface area contributed by atoms with Gasteiger partial charge < -0.3 is 5.32 Å². The summed E-state index contributed by atoms with van der Waals surface area (Å²) >= 11 is 0. The topological polar surface area (TPSA) is 88.2 Å². The van der Waals surface area contributed by atoms with Gasteiger partial charge in [0.05, 0.1) is 5.56 Å². The highest BCUT2D eigenvalue weighted by Crippen LogP contribution is 2.25. The third kappa shape index (κ3) is 4.41. The molecule has 10 heteroatoms. The Bertz CT molecular complexity index is 627. The van der Waals surface area contributed by atoms with E-state index < -0.39 is 34.1 Å². The number of sulfonamides is 1. The first-order valence-electron chi connectivity index (χ1n) is 6.26. The van der Waals surface area contributed by atoms with Crippen molar-refractivity contribution in [1.29, 1.82) is 0 Å². The zero-order valence-corrected chi connectivity index (χ0v) is 12.9. The zero-order valence-electron chi connectivity index (χ0n) is 12.1. The number of alkyl halides is 3. The lowest BCUT2D eigenvalue weighted by atomic mass is 10.0. The molecule has 1 amide bonds. The third-order valence-corrected chi connectivity index (χ3v) is 4.18. The van der Waals surface area contributed by atoms with Crippen LogP contribution in [0.15, 0.2) is 23.4 Å². The van der Waals surface area contributed by atoms with Crippen molar-refractivity contribution >= 4 is 15.9 Å². The van der Waals surface area contributed by atoms with Gasteiger partial charge in [0, 0.05) is 6.20 Å². The van der Waals surface area contributed by atoms with Gasteiger partial charge in [-0.3, -0.25) is 4.79 Å². The van der Waals surface area contributed by atoms with Crippen LogP contribution in [0.1, 0.15) is 24.2 Å². The fourth-order valence-electron chi connectivity index (χ4n) is 1.63. The van der Waals surface area contributed by atoms with E-state index in [4.69, 9.17) is 0 Å². The van der Waals surface area contributed by atoms with Crippen LogP contribution in [-0.2, 0) is 10.0 Å². The van der Waals surface area contributed by atoms with Crippen molar-refractivity contribution in [3.05, 3.63) is 23.9 Å². The third-order valence-electron chi connectivity index (χ3n) is 2.85. The first kappa shape index (κ1) is 18.4. The van der Waals surface area contributed by atoms with Gasteiger partial charge in [-0.25, -0.2) is 18.1 Å². The van der Waals surface area contributed by atoms with Crippen molar-refractivity contribution in [2.24, 2.45) is 5.92 Å². The summed E-state index contributed by atoms with van der Waals surface area (Å²) in [6, 6.07) is 0.139. The maximum atomic E-state index is 12.8. The van der Waals surface area contributed by atoms with Crippen LogP contribution in [-0.4, -0.2) is 38.6 Å². The minimum absolute atomic E-state index is 0.162. The largest absolute Gasteiger partial charge is 0.408 e. The van der Waals surface area contributed by atoms with Gasteiger partial charge in [0.1, 0.15) is 6.04 Å². The Morgan fingerprint density at radius 3 is 2.23 bits per heavy atom. The van der Waals surface area contributed by atoms with Gasteiger partial charge in [-0.15, -0.1) is 0 Å². The van der Waals surface area contributed by atoms with E-state index >= 15 is 0 Å². The SMILES string of the molecule is CNS(=O)(=O)c1ccc(C(=O)NC(C(C)C)C(F)(F)F)cn1. The van der Waals surface area contributed by atoms with Gasteiger partial charge in [0.15, 0.2) is 5.03 Å². The Hall–Kier alpha value is -1.68. The van der Waals surface area contributed by atoms with Crippen LogP contribution in [0.25, 0.3) is 0 Å². The summed E-state index contributed by atoms with van der Waals surface area (Å²) in [6.07, 6.45) is -3.67. The molecule has 0 radical (unpaired) electrons. The summed E-state index contributed by atoms with van der Waals surface area (Å²) in [7, 11) is -2.58. The molecule has 0 aromatic carbocycles. The van der Waals surface area contributed by atoms with E-state index in [9.17, 15) is 26.4 Å². The molecule has 1 aromatic heterocycles. The number of rotatable bonds is 5. The van der Waals surface area contributed by atoms with Crippen LogP contribution in [0.5, 0.6) is 0 Å². The van der Waals surface area contributed by atoms with Gasteiger partial charge in [0.2, 0.25) is 0 Å². The van der Waals surface area contributed by atoms with Gasteiger partial charge in [-0.1, -0.05) is 13.8 Å². The summed E-state index contributed by atoms with van der Waals surface area (Å²) in [5.74, 6) is -1.82. The quantitative estimate of drug-likeness (QED) is 0.846. The molecule has 0 saturated carbocycles. The van der Waals surface area contributed by atoms with Crippen molar-refractivity contribution in [3.63, 3.8) is 0 Å². The Balaban J connectivity index is 2.95. The highest BCUT2D eigenvalue weighted by atomic mass is 32.2. The lowest BCUT2D eigenvalue weighted by molar-refractivity contribution is -0.162. The molecule has 6 nitrogen and oxygen atoms in total. The van der Waals surface area contributed by atoms with Crippen molar-refractivity contribution in [2.45, 2.75) is 31.1 Å². The molecule has 124 valence electrons. The molecule has 2 N–H and O–H groups in total. The molecule has 0 spiro atoms. The Morgan fingerprint density at radius 2 is 1.86 bits per heavy atom. The summed E-state index contributed by atoms with van der Waals surface area (Å²) in [5, 5.41) is 1.55. The maximum absolute atomic E-state index is 12.8. The standard InChI is InChI=1S/C12H16F3N3O3S/c1-7(2)10(12(13,14)15)18-11(19)8-4-5-9(17-6-8)22(20,21)16-3/h4-7,10,16H,1-3H3,(H,18,19). The number of carbonyl (C=O) groups is 1. The molecule has 1 rings (SSSR count). The first-order chi connectivity index (χ1) is 9.99. The molecule has 1 atom stereocenters. The highest BCUT2D eigenvalue weighted by Gasteiger charge is 2.42. The molecule has 1 aromatic rings. The van der Waals surface area contributed by atoms with Crippen LogP contribution in [0.4, 0.5) is 13.2 Å². The first-order valence-corrected chi connectivity index (χ1v) is 7.74. The average molecular weight is 339 g/mol. The van der Waals surface area contributed by atoms with Crippen molar-refractivity contribution in [2.75, 3.05) is 7.05 Å². The summed E-state index contributed by atoms with van der Waals surface area (Å²) in [4.78, 5) is 15.4. The van der Waals surface area contributed by atoms with E-state index in [0.29, 0.717) is 0 Å². The number of halogens is 3. The van der Waals surface area contributed by atoms with E-state index in [1.807, 2.05) is 10.0 Å². The summed E-state index contributed by atoms with van der Waals surface area (Å²) in [5.41, 5.74) is -0.162. The molecule has 0 aliphatic carbocycles. The van der Waals surface area contributed by atoms with Crippen LogP contribution in [0.2, 0.25) is 0 Å². The van der Waals surface area contributed by atoms with E-state index in [1.54, 1.807) is 0 Å². The molecule has 22 heavy (non-hydrogen) atoms. The number of hydrogen-bond acceptors (Lipinski definition) is 4. The van der Waals surface area contributed by atoms with Gasteiger partial charge in [-0.05, 0) is 25.1 Å². The normalized spacial score (nSPS) is 14.0. The number of aromatic nitrogens is 1. The molecule has 0 aliphatic rings. The number of carbonyl (C=O) groups excluding carboxylic acids is 1. The Kier molecular flexibility index (Phi) is 5.52. The number of nitrogens with one attached hydrogen (secondary N) is 2. The van der Waals surface area contributed by atoms with Gasteiger partial charge in [0.25, 0.3) is 15.9 Å². The van der Waals surface area contributed by atoms with Crippen LogP contribution in [0.3, 0.4) is 0 Å². The molecule has 0 aliphatic heterocycles. The van der Waals surface area contributed by atoms with Crippen molar-refractivity contribution in [3.8, 4) is 0 Å². The number of amides is 1. The van der Waals surface area contributed by atoms with Crippen LogP contribution < -0.4 is 10.0 Å². The van der Waals surface area contributed by atoms with Gasteiger partial charge in [-0.2, -0.15) is 13.2 Å². The van der Waals surface area contributed by atoms with E-state index in [0.717, 1.165) is 18.3 Å². The predicted molar refractivity (Wildman–Crippen MR) is 72.6 cm³/mol. The summed E-state index contributed by atoms with van der Waals surface area (Å²) in [6.45, 7) is 2.67. The van der Waals surface area contributed by atoms with Crippen molar-refractivity contribution in [1.82, 2.24) is 15.0 Å². The second-order valence-corrected chi connectivity index (χ2v) is 6.66. The lowest BCUT2D eigenvalue weighted by Gasteiger charge is -2.24. The fourth-order valence-corrected chi connectivity index (χ4v) is 2.28. The number of pyridine rings is 1. The monoisotopic (exact) mass is 339 g/mol. The molecular formula is C12H16F3N3O3S. The minimum atomic E-state index is -4.58. The Morgan fingerprint density at radius 1 is 1.27 bits per heavy atom. The Labute approximate surface area is 126 Å². The fraction of sp³-hybridized carbons (Fsp3) is 0.500. The zero-order chi connectivity index (χ0) is 17.1. The molecule has 1 heterocycles. The van der Waals surface area contributed by atoms with Crippen LogP contribution in [0, 0.1) is 5.92 Å². The highest BCUT2D eigenvalue weighted by molar-refractivity contribution is 7.89. The van der Waals surface area contributed by atoms with E-state index in [-0.39, 0.29) is 10.6 Å². The smallest absolute Gasteiger partial charge is 0.340 e. The number of nitrogens with zero attached hydrogens (tertiary/aromatic N) is 1. The van der Waals surface area contributed by atoms with E-state index in [1.165, 1.54) is 20.9 Å². The van der Waals surface area contributed by atoms with E-state index in [2.05, 4.69) is 4.98 Å². The second kappa shape index (κ2) is 6.61. The summed E-state index contributed by atoms with van der Waals surface area (Å²) < 4.78 is 63.3. The number of hydrogen-bond donors (Lipinski definition) is 2. The molecule has 1 unspecified atom stereocenters. The minimum Gasteiger partial charge on any atom is -0.340 e. The average Bonchev–Trinajstić information content (AvgIpc) is 2.43. The second-order valence-electron chi connectivity index (χ2n) is 4.83. The molecular weight excluding hydrogens is 323 g/mol. The molecule has 0 fully saturated rings. The van der Waals surface area contributed by atoms with Crippen molar-refractivity contribution < 1.29 is 26.4 Å². The van der Waals surface area contributed by atoms with Crippen LogP contribution >= 0.6 is 0 Å². The molecule has 0 saturated heterocycles. The predicted octanol–water partition coefficient (Wildman–Crippen LogP) is 1.31. The van der Waals surface area contributed by atoms with Gasteiger partial charge >= 0.3 is 6.18 Å². The lowest BCUT2D eigenvalue weighted by Crippen LogP contribution is -2.48. The molecule has 0 bridgehead atoms.